The van der Waals surface area contributed by atoms with E-state index < -0.39 is 5.91 Å². The van der Waals surface area contributed by atoms with Crippen LogP contribution in [0.5, 0.6) is 0 Å². The predicted octanol–water partition coefficient (Wildman–Crippen LogP) is 4.94. The van der Waals surface area contributed by atoms with Gasteiger partial charge >= 0.3 is 0 Å². The van der Waals surface area contributed by atoms with Gasteiger partial charge in [0, 0.05) is 48.0 Å². The molecule has 5 aromatic rings. The van der Waals surface area contributed by atoms with Crippen molar-refractivity contribution in [3.8, 4) is 11.1 Å². The van der Waals surface area contributed by atoms with Gasteiger partial charge in [0.2, 0.25) is 0 Å². The molecule has 1 aromatic heterocycles. The van der Waals surface area contributed by atoms with Gasteiger partial charge in [-0.25, -0.2) is 0 Å². The minimum absolute atomic E-state index is 0.0310. The summed E-state index contributed by atoms with van der Waals surface area (Å²) in [5.74, 6) is -0.455. The first-order chi connectivity index (χ1) is 17.4. The van der Waals surface area contributed by atoms with E-state index in [0.29, 0.717) is 16.6 Å². The summed E-state index contributed by atoms with van der Waals surface area (Å²) in [4.78, 5) is 33.1. The monoisotopic (exact) mass is 476 g/mol. The molecule has 2 heterocycles. The molecule has 180 valence electrons. The predicted molar refractivity (Wildman–Crippen MR) is 145 cm³/mol. The van der Waals surface area contributed by atoms with Crippen LogP contribution in [0.2, 0.25) is 0 Å². The van der Waals surface area contributed by atoms with Crippen molar-refractivity contribution in [2.75, 3.05) is 33.2 Å². The molecule has 0 radical (unpaired) electrons. The number of aromatic nitrogens is 1. The van der Waals surface area contributed by atoms with Gasteiger partial charge in [-0.15, -0.1) is 0 Å². The number of piperazine rings is 1. The number of nitrogens with zero attached hydrogens (tertiary/aromatic N) is 2. The molecule has 6 rings (SSSR count). The Labute approximate surface area is 209 Å². The normalized spacial score (nSPS) is 14.7. The second-order valence-electron chi connectivity index (χ2n) is 9.73. The number of fused-ring (bicyclic) bond motifs is 4. The number of primary amides is 1. The summed E-state index contributed by atoms with van der Waals surface area (Å²) >= 11 is 0. The van der Waals surface area contributed by atoms with Gasteiger partial charge in [0.15, 0.2) is 0 Å². The summed E-state index contributed by atoms with van der Waals surface area (Å²) in [7, 11) is 2.07. The maximum absolute atomic E-state index is 13.2. The summed E-state index contributed by atoms with van der Waals surface area (Å²) in [6.07, 6.45) is 0. The third kappa shape index (κ3) is 3.53. The van der Waals surface area contributed by atoms with E-state index in [4.69, 9.17) is 5.73 Å². The Morgan fingerprint density at radius 3 is 2.31 bits per heavy atom. The van der Waals surface area contributed by atoms with Crippen molar-refractivity contribution in [3.63, 3.8) is 0 Å². The molecule has 6 nitrogen and oxygen atoms in total. The van der Waals surface area contributed by atoms with E-state index in [-0.39, 0.29) is 5.91 Å². The van der Waals surface area contributed by atoms with Crippen molar-refractivity contribution in [3.05, 3.63) is 83.4 Å². The van der Waals surface area contributed by atoms with Crippen LogP contribution >= 0.6 is 0 Å². The lowest BCUT2D eigenvalue weighted by Gasteiger charge is -2.32. The molecule has 4 aromatic carbocycles. The zero-order valence-electron chi connectivity index (χ0n) is 20.5. The van der Waals surface area contributed by atoms with Gasteiger partial charge in [-0.2, -0.15) is 0 Å². The minimum atomic E-state index is -0.486. The highest BCUT2D eigenvalue weighted by Gasteiger charge is 2.22. The van der Waals surface area contributed by atoms with Crippen LogP contribution in [0.15, 0.2) is 66.7 Å². The molecule has 0 saturated carbocycles. The SMILES string of the molecule is Cc1ccc(-c2ccc(C(N)=O)c3[nH]c4cc(C(=O)N5CCN(C)CC5)ccc4c23)c2ccccc12. The van der Waals surface area contributed by atoms with Crippen molar-refractivity contribution < 1.29 is 9.59 Å². The van der Waals surface area contributed by atoms with E-state index in [2.05, 4.69) is 54.2 Å². The molecule has 1 aliphatic rings. The quantitative estimate of drug-likeness (QED) is 0.387. The fourth-order valence-corrected chi connectivity index (χ4v) is 5.45. The zero-order chi connectivity index (χ0) is 25.0. The Kier molecular flexibility index (Phi) is 5.27. The smallest absolute Gasteiger partial charge is 0.254 e. The fraction of sp³-hybridized carbons (Fsp3) is 0.200. The van der Waals surface area contributed by atoms with Crippen LogP contribution in [0, 0.1) is 6.92 Å². The van der Waals surface area contributed by atoms with E-state index in [1.54, 1.807) is 6.07 Å². The van der Waals surface area contributed by atoms with E-state index in [9.17, 15) is 9.59 Å². The molecule has 1 saturated heterocycles. The fourth-order valence-electron chi connectivity index (χ4n) is 5.45. The lowest BCUT2D eigenvalue weighted by molar-refractivity contribution is 0.0664. The largest absolute Gasteiger partial charge is 0.366 e. The summed E-state index contributed by atoms with van der Waals surface area (Å²) < 4.78 is 0. The van der Waals surface area contributed by atoms with Crippen LogP contribution in [0.4, 0.5) is 0 Å². The average molecular weight is 477 g/mol. The van der Waals surface area contributed by atoms with Crippen molar-refractivity contribution in [2.45, 2.75) is 6.92 Å². The highest BCUT2D eigenvalue weighted by Crippen LogP contribution is 2.40. The Hall–Kier alpha value is -4.16. The number of nitrogens with two attached hydrogens (primary N) is 1. The first kappa shape index (κ1) is 22.3. The van der Waals surface area contributed by atoms with Crippen LogP contribution in [-0.2, 0) is 0 Å². The molecule has 0 spiro atoms. The van der Waals surface area contributed by atoms with Crippen LogP contribution in [0.1, 0.15) is 26.3 Å². The first-order valence-electron chi connectivity index (χ1n) is 12.3. The molecule has 2 amide bonds. The Morgan fingerprint density at radius 2 is 1.56 bits per heavy atom. The number of nitrogens with one attached hydrogen (secondary N) is 1. The molecule has 0 aliphatic carbocycles. The molecule has 0 bridgehead atoms. The molecular weight excluding hydrogens is 448 g/mol. The van der Waals surface area contributed by atoms with Crippen LogP contribution < -0.4 is 5.73 Å². The van der Waals surface area contributed by atoms with E-state index in [1.807, 2.05) is 35.2 Å². The van der Waals surface area contributed by atoms with Crippen molar-refractivity contribution in [1.82, 2.24) is 14.8 Å². The number of H-pyrrole nitrogens is 1. The highest BCUT2D eigenvalue weighted by molar-refractivity contribution is 6.22. The Morgan fingerprint density at radius 1 is 0.833 bits per heavy atom. The minimum Gasteiger partial charge on any atom is -0.366 e. The molecule has 36 heavy (non-hydrogen) atoms. The number of hydrogen-bond donors (Lipinski definition) is 2. The van der Waals surface area contributed by atoms with E-state index in [0.717, 1.165) is 59.0 Å². The molecule has 1 fully saturated rings. The molecule has 0 atom stereocenters. The third-order valence-corrected chi connectivity index (χ3v) is 7.49. The summed E-state index contributed by atoms with van der Waals surface area (Å²) in [5.41, 5.74) is 11.7. The van der Waals surface area contributed by atoms with Gasteiger partial charge in [-0.1, -0.05) is 48.5 Å². The van der Waals surface area contributed by atoms with Crippen LogP contribution in [0.3, 0.4) is 0 Å². The molecular formula is C30H28N4O2. The zero-order valence-corrected chi connectivity index (χ0v) is 20.5. The number of likely N-dealkylation sites (N-methyl/N-ethyl adjacent to an activating group) is 1. The first-order valence-corrected chi connectivity index (χ1v) is 12.3. The van der Waals surface area contributed by atoms with Crippen LogP contribution in [0.25, 0.3) is 43.7 Å². The van der Waals surface area contributed by atoms with E-state index >= 15 is 0 Å². The lowest BCUT2D eigenvalue weighted by atomic mass is 9.91. The second-order valence-corrected chi connectivity index (χ2v) is 9.73. The Bertz CT molecular complexity index is 1680. The highest BCUT2D eigenvalue weighted by atomic mass is 16.2. The standard InChI is InChI=1S/C30H28N4O2/c1-18-7-9-22(21-6-4-3-5-20(18)21)23-11-12-25(29(31)35)28-27(23)24-10-8-19(17-26(24)32-28)30(36)34-15-13-33(2)14-16-34/h3-12,17,32H,13-16H2,1-2H3,(H2,31,35). The van der Waals surface area contributed by atoms with Crippen molar-refractivity contribution >= 4 is 44.4 Å². The number of rotatable bonds is 3. The summed E-state index contributed by atoms with van der Waals surface area (Å²) in [6.45, 7) is 5.29. The topological polar surface area (TPSA) is 82.4 Å². The van der Waals surface area contributed by atoms with Crippen molar-refractivity contribution in [1.29, 1.82) is 0 Å². The maximum Gasteiger partial charge on any atom is 0.254 e. The lowest BCUT2D eigenvalue weighted by Crippen LogP contribution is -2.47. The van der Waals surface area contributed by atoms with Gasteiger partial charge in [0.25, 0.3) is 11.8 Å². The Balaban J connectivity index is 1.56. The van der Waals surface area contributed by atoms with Gasteiger partial charge in [0.05, 0.1) is 11.1 Å². The number of aryl methyl sites for hydroxylation is 1. The number of amides is 2. The van der Waals surface area contributed by atoms with Gasteiger partial charge in [0.1, 0.15) is 0 Å². The number of hydrogen-bond acceptors (Lipinski definition) is 3. The molecule has 3 N–H and O–H groups in total. The van der Waals surface area contributed by atoms with Crippen molar-refractivity contribution in [2.24, 2.45) is 5.73 Å². The van der Waals surface area contributed by atoms with Gasteiger partial charge < -0.3 is 20.5 Å². The molecule has 6 heteroatoms. The maximum atomic E-state index is 13.2. The number of aromatic amines is 1. The average Bonchev–Trinajstić information content (AvgIpc) is 3.27. The number of benzene rings is 4. The van der Waals surface area contributed by atoms with Gasteiger partial charge in [-0.3, -0.25) is 9.59 Å². The molecule has 1 aliphatic heterocycles. The van der Waals surface area contributed by atoms with Gasteiger partial charge in [-0.05, 0) is 59.6 Å². The van der Waals surface area contributed by atoms with E-state index in [1.165, 1.54) is 10.9 Å². The third-order valence-electron chi connectivity index (χ3n) is 7.49. The number of carbonyl (C=O) groups excluding carboxylic acids is 2. The summed E-state index contributed by atoms with van der Waals surface area (Å²) in [5, 5.41) is 4.25. The van der Waals surface area contributed by atoms with Crippen LogP contribution in [-0.4, -0.2) is 59.8 Å². The summed E-state index contributed by atoms with van der Waals surface area (Å²) in [6, 6.07) is 22.2. The molecule has 0 unspecified atom stereocenters. The second kappa shape index (κ2) is 8.50. The number of carbonyl (C=O) groups is 2.